The second kappa shape index (κ2) is 12.7. The fraction of sp³-hybridized carbons (Fsp3) is 0.412. The summed E-state index contributed by atoms with van der Waals surface area (Å²) in [5.74, 6) is 2.23. The molecule has 3 aromatic rings. The Balaban J connectivity index is 1.19. The van der Waals surface area contributed by atoms with Gasteiger partial charge in [0.1, 0.15) is 0 Å². The van der Waals surface area contributed by atoms with Gasteiger partial charge in [0.2, 0.25) is 0 Å². The van der Waals surface area contributed by atoms with Crippen LogP contribution in [-0.2, 0) is 19.3 Å². The lowest BCUT2D eigenvalue weighted by molar-refractivity contribution is 0.310. The minimum Gasteiger partial charge on any atom is -0.0917 e. The van der Waals surface area contributed by atoms with Crippen molar-refractivity contribution in [2.45, 2.75) is 83.5 Å². The van der Waals surface area contributed by atoms with Crippen LogP contribution in [0.1, 0.15) is 92.0 Å². The number of aryl methyl sites for hydroxylation is 2. The SMILES string of the molecule is C/C=C/CCc1ccc(C2CCC(CCc3ccc(CC(C)c4ccccc4)cc3)CC2)cc1. The molecule has 1 unspecified atom stereocenters. The summed E-state index contributed by atoms with van der Waals surface area (Å²) >= 11 is 0. The highest BCUT2D eigenvalue weighted by atomic mass is 14.3. The van der Waals surface area contributed by atoms with Crippen LogP contribution in [0.2, 0.25) is 0 Å². The third-order valence-corrected chi connectivity index (χ3v) is 7.91. The smallest absolute Gasteiger partial charge is 0.0150 e. The number of allylic oxidation sites excluding steroid dienone is 2. The molecule has 0 nitrogen and oxygen atoms in total. The van der Waals surface area contributed by atoms with Crippen molar-refractivity contribution in [2.75, 3.05) is 0 Å². The van der Waals surface area contributed by atoms with Gasteiger partial charge in [-0.25, -0.2) is 0 Å². The maximum atomic E-state index is 2.40. The Labute approximate surface area is 208 Å². The summed E-state index contributed by atoms with van der Waals surface area (Å²) in [5.41, 5.74) is 7.42. The first-order valence-electron chi connectivity index (χ1n) is 13.5. The molecule has 0 heteroatoms. The molecule has 0 saturated heterocycles. The highest BCUT2D eigenvalue weighted by Crippen LogP contribution is 2.37. The fourth-order valence-electron chi connectivity index (χ4n) is 5.62. The molecular formula is C34H42. The summed E-state index contributed by atoms with van der Waals surface area (Å²) in [6.07, 6.45) is 15.9. The van der Waals surface area contributed by atoms with Crippen LogP contribution >= 0.6 is 0 Å². The van der Waals surface area contributed by atoms with Gasteiger partial charge in [-0.1, -0.05) is 97.9 Å². The molecule has 3 aromatic carbocycles. The Morgan fingerprint density at radius 3 is 2.03 bits per heavy atom. The summed E-state index contributed by atoms with van der Waals surface area (Å²) < 4.78 is 0. The van der Waals surface area contributed by atoms with Gasteiger partial charge in [-0.2, -0.15) is 0 Å². The van der Waals surface area contributed by atoms with Crippen molar-refractivity contribution in [1.82, 2.24) is 0 Å². The number of rotatable bonds is 10. The number of hydrogen-bond acceptors (Lipinski definition) is 0. The molecule has 4 rings (SSSR count). The summed E-state index contributed by atoms with van der Waals surface area (Å²) in [6, 6.07) is 29.8. The molecule has 0 amide bonds. The Bertz CT molecular complexity index is 986. The molecule has 0 spiro atoms. The molecule has 1 fully saturated rings. The zero-order chi connectivity index (χ0) is 23.6. The molecule has 1 atom stereocenters. The van der Waals surface area contributed by atoms with E-state index in [1.807, 2.05) is 0 Å². The van der Waals surface area contributed by atoms with Gasteiger partial charge in [0.05, 0.1) is 0 Å². The second-order valence-corrected chi connectivity index (χ2v) is 10.4. The summed E-state index contributed by atoms with van der Waals surface area (Å²) in [7, 11) is 0. The molecule has 0 aromatic heterocycles. The van der Waals surface area contributed by atoms with Gasteiger partial charge in [-0.05, 0) is 110 Å². The quantitative estimate of drug-likeness (QED) is 0.270. The molecule has 0 aliphatic heterocycles. The zero-order valence-electron chi connectivity index (χ0n) is 21.3. The minimum atomic E-state index is 0.566. The summed E-state index contributed by atoms with van der Waals surface area (Å²) in [5, 5.41) is 0. The van der Waals surface area contributed by atoms with Gasteiger partial charge in [0, 0.05) is 0 Å². The molecule has 0 bridgehead atoms. The number of hydrogen-bond donors (Lipinski definition) is 0. The monoisotopic (exact) mass is 450 g/mol. The van der Waals surface area contributed by atoms with Crippen LogP contribution in [0.25, 0.3) is 0 Å². The predicted octanol–water partition coefficient (Wildman–Crippen LogP) is 9.45. The Morgan fingerprint density at radius 2 is 1.35 bits per heavy atom. The highest BCUT2D eigenvalue weighted by Gasteiger charge is 2.22. The van der Waals surface area contributed by atoms with Crippen molar-refractivity contribution in [3.63, 3.8) is 0 Å². The van der Waals surface area contributed by atoms with Gasteiger partial charge in [0.25, 0.3) is 0 Å². The van der Waals surface area contributed by atoms with E-state index in [9.17, 15) is 0 Å². The zero-order valence-corrected chi connectivity index (χ0v) is 21.3. The summed E-state index contributed by atoms with van der Waals surface area (Å²) in [4.78, 5) is 0. The molecule has 1 aliphatic carbocycles. The normalized spacial score (nSPS) is 19.4. The van der Waals surface area contributed by atoms with Crippen LogP contribution in [0, 0.1) is 5.92 Å². The van der Waals surface area contributed by atoms with Crippen molar-refractivity contribution in [2.24, 2.45) is 5.92 Å². The molecule has 0 N–H and O–H groups in total. The van der Waals surface area contributed by atoms with E-state index in [1.165, 1.54) is 60.8 Å². The summed E-state index contributed by atoms with van der Waals surface area (Å²) in [6.45, 7) is 4.43. The third kappa shape index (κ3) is 7.20. The Morgan fingerprint density at radius 1 is 0.735 bits per heavy atom. The second-order valence-electron chi connectivity index (χ2n) is 10.4. The number of benzene rings is 3. The average Bonchev–Trinajstić information content (AvgIpc) is 2.90. The van der Waals surface area contributed by atoms with Crippen molar-refractivity contribution >= 4 is 0 Å². The van der Waals surface area contributed by atoms with Crippen LogP contribution in [0.15, 0.2) is 91.0 Å². The van der Waals surface area contributed by atoms with Crippen LogP contribution < -0.4 is 0 Å². The fourth-order valence-corrected chi connectivity index (χ4v) is 5.62. The van der Waals surface area contributed by atoms with Gasteiger partial charge in [-0.15, -0.1) is 0 Å². The first-order chi connectivity index (χ1) is 16.7. The van der Waals surface area contributed by atoms with Gasteiger partial charge in [0.15, 0.2) is 0 Å². The lowest BCUT2D eigenvalue weighted by atomic mass is 9.76. The minimum absolute atomic E-state index is 0.566. The Kier molecular flexibility index (Phi) is 9.19. The van der Waals surface area contributed by atoms with E-state index in [4.69, 9.17) is 0 Å². The molecular weight excluding hydrogens is 408 g/mol. The molecule has 1 aliphatic rings. The molecule has 1 saturated carbocycles. The standard InChI is InChI=1S/C34H42/c1-3-4-6-9-28-18-22-33(23-19-28)34-24-20-30(21-25-34)13-12-29-14-16-31(17-15-29)26-27(2)32-10-7-5-8-11-32/h3-5,7-8,10-11,14-19,22-23,27,30,34H,6,9,12-13,20-21,24-26H2,1-2H3/b4-3+. The third-order valence-electron chi connectivity index (χ3n) is 7.91. The Hall–Kier alpha value is -2.60. The maximum absolute atomic E-state index is 2.40. The van der Waals surface area contributed by atoms with E-state index in [0.717, 1.165) is 31.1 Å². The van der Waals surface area contributed by atoms with Crippen molar-refractivity contribution in [3.05, 3.63) is 119 Å². The van der Waals surface area contributed by atoms with Gasteiger partial charge >= 0.3 is 0 Å². The largest absolute Gasteiger partial charge is 0.0917 e. The van der Waals surface area contributed by atoms with Crippen LogP contribution in [0.5, 0.6) is 0 Å². The first kappa shape index (κ1) is 24.5. The molecule has 0 radical (unpaired) electrons. The average molecular weight is 451 g/mol. The van der Waals surface area contributed by atoms with E-state index in [-0.39, 0.29) is 0 Å². The van der Waals surface area contributed by atoms with Crippen LogP contribution in [0.3, 0.4) is 0 Å². The van der Waals surface area contributed by atoms with E-state index in [2.05, 4.69) is 105 Å². The van der Waals surface area contributed by atoms with E-state index < -0.39 is 0 Å². The lowest BCUT2D eigenvalue weighted by Gasteiger charge is -2.29. The first-order valence-corrected chi connectivity index (χ1v) is 13.5. The maximum Gasteiger partial charge on any atom is -0.0150 e. The predicted molar refractivity (Wildman–Crippen MR) is 148 cm³/mol. The van der Waals surface area contributed by atoms with Crippen molar-refractivity contribution in [1.29, 1.82) is 0 Å². The van der Waals surface area contributed by atoms with Crippen LogP contribution in [-0.4, -0.2) is 0 Å². The molecule has 0 heterocycles. The van der Waals surface area contributed by atoms with Gasteiger partial charge in [-0.3, -0.25) is 0 Å². The lowest BCUT2D eigenvalue weighted by Crippen LogP contribution is -2.14. The van der Waals surface area contributed by atoms with Crippen molar-refractivity contribution < 1.29 is 0 Å². The van der Waals surface area contributed by atoms with Crippen molar-refractivity contribution in [3.8, 4) is 0 Å². The van der Waals surface area contributed by atoms with E-state index in [0.29, 0.717) is 5.92 Å². The van der Waals surface area contributed by atoms with Crippen LogP contribution in [0.4, 0.5) is 0 Å². The topological polar surface area (TPSA) is 0 Å². The van der Waals surface area contributed by atoms with E-state index >= 15 is 0 Å². The molecule has 178 valence electrons. The van der Waals surface area contributed by atoms with E-state index in [1.54, 1.807) is 5.56 Å². The van der Waals surface area contributed by atoms with Gasteiger partial charge < -0.3 is 0 Å². The highest BCUT2D eigenvalue weighted by molar-refractivity contribution is 5.28. The molecule has 34 heavy (non-hydrogen) atoms.